The number of nitriles is 1. The van der Waals surface area contributed by atoms with Crippen LogP contribution in [0.3, 0.4) is 0 Å². The smallest absolute Gasteiger partial charge is 0.426 e. The Morgan fingerprint density at radius 2 is 1.50 bits per heavy atom. The number of rotatable bonds is 5. The Morgan fingerprint density at radius 3 is 2.09 bits per heavy atom. The number of ether oxygens (including phenoxy) is 1. The van der Waals surface area contributed by atoms with Gasteiger partial charge in [0.05, 0.1) is 11.1 Å². The summed E-state index contributed by atoms with van der Waals surface area (Å²) < 4.78 is 49.0. The van der Waals surface area contributed by atoms with Crippen LogP contribution in [-0.4, -0.2) is 3.92 Å². The average molecular weight is 547 g/mol. The number of benzene rings is 3. The Bertz CT molecular complexity index is 1120. The van der Waals surface area contributed by atoms with Crippen LogP contribution in [-0.2, 0) is 6.11 Å². The van der Waals surface area contributed by atoms with Crippen molar-refractivity contribution < 1.29 is 17.9 Å². The molecule has 0 amide bonds. The third kappa shape index (κ3) is 5.09. The molecule has 1 aliphatic carbocycles. The largest absolute Gasteiger partial charge is 0.429 e. The van der Waals surface area contributed by atoms with Gasteiger partial charge in [-0.2, -0.15) is 14.0 Å². The quantitative estimate of drug-likeness (QED) is 0.240. The van der Waals surface area contributed by atoms with Gasteiger partial charge in [0.15, 0.2) is 0 Å². The molecule has 6 heteroatoms. The molecular weight excluding hydrogens is 526 g/mol. The summed E-state index contributed by atoms with van der Waals surface area (Å²) in [5.41, 5.74) is 1.89. The lowest BCUT2D eigenvalue weighted by molar-refractivity contribution is -0.185. The maximum Gasteiger partial charge on any atom is 0.426 e. The van der Waals surface area contributed by atoms with Crippen LogP contribution >= 0.6 is 22.6 Å². The van der Waals surface area contributed by atoms with Crippen molar-refractivity contribution in [1.29, 1.82) is 5.26 Å². The first kappa shape index (κ1) is 22.7. The molecule has 3 aromatic carbocycles. The molecule has 0 atom stereocenters. The topological polar surface area (TPSA) is 33.0 Å². The molecule has 0 spiro atoms. The second-order valence-corrected chi connectivity index (χ2v) is 9.78. The van der Waals surface area contributed by atoms with Crippen LogP contribution in [0.25, 0.3) is 11.1 Å². The monoisotopic (exact) mass is 547 g/mol. The van der Waals surface area contributed by atoms with Crippen LogP contribution in [0, 0.1) is 17.1 Å². The van der Waals surface area contributed by atoms with Gasteiger partial charge in [-0.1, -0.05) is 52.9 Å². The SMILES string of the molecule is N#Cc1ccc(-c2ccc(C(F)(F)Oc3ccc(C4CCC(I)CC4)cc3)cc2)cc1F. The summed E-state index contributed by atoms with van der Waals surface area (Å²) in [4.78, 5) is 0. The van der Waals surface area contributed by atoms with Gasteiger partial charge in [-0.15, -0.1) is 0 Å². The zero-order valence-corrected chi connectivity index (χ0v) is 19.4. The maximum atomic E-state index is 14.7. The highest BCUT2D eigenvalue weighted by Crippen LogP contribution is 2.37. The fourth-order valence-electron chi connectivity index (χ4n) is 4.04. The second-order valence-electron chi connectivity index (χ2n) is 8.02. The van der Waals surface area contributed by atoms with E-state index in [0.29, 0.717) is 17.0 Å². The van der Waals surface area contributed by atoms with Gasteiger partial charge >= 0.3 is 6.11 Å². The van der Waals surface area contributed by atoms with Crippen LogP contribution in [0.5, 0.6) is 5.75 Å². The molecule has 4 rings (SSSR count). The van der Waals surface area contributed by atoms with Crippen LogP contribution in [0.1, 0.15) is 48.3 Å². The number of hydrogen-bond donors (Lipinski definition) is 0. The van der Waals surface area contributed by atoms with E-state index in [1.54, 1.807) is 24.3 Å². The van der Waals surface area contributed by atoms with Crippen molar-refractivity contribution in [3.8, 4) is 22.9 Å². The van der Waals surface area contributed by atoms with E-state index in [0.717, 1.165) is 16.8 Å². The Balaban J connectivity index is 1.45. The minimum Gasteiger partial charge on any atom is -0.429 e. The van der Waals surface area contributed by atoms with E-state index < -0.39 is 11.9 Å². The van der Waals surface area contributed by atoms with E-state index >= 15 is 0 Å². The molecule has 0 radical (unpaired) electrons. The molecular formula is C26H21F3INO. The highest BCUT2D eigenvalue weighted by atomic mass is 127. The predicted molar refractivity (Wildman–Crippen MR) is 127 cm³/mol. The third-order valence-corrected chi connectivity index (χ3v) is 7.14. The van der Waals surface area contributed by atoms with E-state index in [1.807, 2.05) is 12.1 Å². The molecule has 0 unspecified atom stereocenters. The first-order chi connectivity index (χ1) is 15.4. The lowest BCUT2D eigenvalue weighted by atomic mass is 9.84. The number of alkyl halides is 3. The summed E-state index contributed by atoms with van der Waals surface area (Å²) in [5.74, 6) is -0.0525. The van der Waals surface area contributed by atoms with Crippen molar-refractivity contribution in [3.05, 3.63) is 89.2 Å². The van der Waals surface area contributed by atoms with Crippen molar-refractivity contribution in [1.82, 2.24) is 0 Å². The fraction of sp³-hybridized carbons (Fsp3) is 0.269. The van der Waals surface area contributed by atoms with E-state index in [2.05, 4.69) is 22.6 Å². The zero-order valence-electron chi connectivity index (χ0n) is 17.2. The maximum absolute atomic E-state index is 14.7. The van der Waals surface area contributed by atoms with Gasteiger partial charge in [-0.25, -0.2) is 4.39 Å². The van der Waals surface area contributed by atoms with Crippen LogP contribution in [0.4, 0.5) is 13.2 Å². The first-order valence-corrected chi connectivity index (χ1v) is 11.7. The summed E-state index contributed by atoms with van der Waals surface area (Å²) in [6.45, 7) is 0. The molecule has 1 saturated carbocycles. The molecule has 32 heavy (non-hydrogen) atoms. The van der Waals surface area contributed by atoms with E-state index in [4.69, 9.17) is 10.00 Å². The molecule has 0 aliphatic heterocycles. The van der Waals surface area contributed by atoms with Crippen LogP contribution in [0.2, 0.25) is 0 Å². The van der Waals surface area contributed by atoms with E-state index in [9.17, 15) is 13.2 Å². The van der Waals surface area contributed by atoms with Crippen molar-refractivity contribution in [2.45, 2.75) is 41.6 Å². The molecule has 164 valence electrons. The normalized spacial score (nSPS) is 18.7. The lowest BCUT2D eigenvalue weighted by Gasteiger charge is -2.26. The highest BCUT2D eigenvalue weighted by Gasteiger charge is 2.34. The number of halogens is 4. The second kappa shape index (κ2) is 9.53. The molecule has 3 aromatic rings. The fourth-order valence-corrected chi connectivity index (χ4v) is 4.76. The zero-order chi connectivity index (χ0) is 22.7. The molecule has 1 aliphatic rings. The Hall–Kier alpha value is -2.53. The molecule has 0 N–H and O–H groups in total. The summed E-state index contributed by atoms with van der Waals surface area (Å²) in [6, 6.07) is 18.4. The minimum atomic E-state index is -3.50. The van der Waals surface area contributed by atoms with Gasteiger partial charge in [0, 0.05) is 3.92 Å². The molecule has 0 bridgehead atoms. The summed E-state index contributed by atoms with van der Waals surface area (Å²) in [7, 11) is 0. The van der Waals surface area contributed by atoms with E-state index in [1.165, 1.54) is 54.8 Å². The molecule has 2 nitrogen and oxygen atoms in total. The van der Waals surface area contributed by atoms with Crippen molar-refractivity contribution in [3.63, 3.8) is 0 Å². The van der Waals surface area contributed by atoms with Crippen LogP contribution < -0.4 is 4.74 Å². The standard InChI is InChI=1S/C26H21F3INO/c27-25-15-20(1-2-21(25)16-31)19-3-9-22(10-4-19)26(28,29)32-24-13-7-18(8-14-24)17-5-11-23(30)12-6-17/h1-4,7-10,13-15,17,23H,5-6,11-12H2. The van der Waals surface area contributed by atoms with Gasteiger partial charge in [0.2, 0.25) is 0 Å². The predicted octanol–water partition coefficient (Wildman–Crippen LogP) is 7.95. The van der Waals surface area contributed by atoms with Gasteiger partial charge in [0.1, 0.15) is 17.6 Å². The minimum absolute atomic E-state index is 0.0611. The van der Waals surface area contributed by atoms with Crippen molar-refractivity contribution in [2.24, 2.45) is 0 Å². The average Bonchev–Trinajstić information content (AvgIpc) is 2.80. The van der Waals surface area contributed by atoms with Crippen molar-refractivity contribution >= 4 is 22.6 Å². The Morgan fingerprint density at radius 1 is 0.875 bits per heavy atom. The van der Waals surface area contributed by atoms with E-state index in [-0.39, 0.29) is 16.9 Å². The first-order valence-electron chi connectivity index (χ1n) is 10.5. The third-order valence-electron chi connectivity index (χ3n) is 5.90. The van der Waals surface area contributed by atoms with Crippen molar-refractivity contribution in [2.75, 3.05) is 0 Å². The highest BCUT2D eigenvalue weighted by molar-refractivity contribution is 14.1. The van der Waals surface area contributed by atoms with Gasteiger partial charge in [0.25, 0.3) is 0 Å². The molecule has 0 heterocycles. The van der Waals surface area contributed by atoms with Gasteiger partial charge in [-0.3, -0.25) is 0 Å². The lowest BCUT2D eigenvalue weighted by Crippen LogP contribution is -2.21. The molecule has 0 saturated heterocycles. The number of hydrogen-bond acceptors (Lipinski definition) is 2. The Kier molecular flexibility index (Phi) is 6.75. The van der Waals surface area contributed by atoms with Gasteiger partial charge < -0.3 is 4.74 Å². The van der Waals surface area contributed by atoms with Gasteiger partial charge in [-0.05, 0) is 84.7 Å². The summed E-state index contributed by atoms with van der Waals surface area (Å²) in [5, 5.41) is 8.83. The number of nitrogens with zero attached hydrogens (tertiary/aromatic N) is 1. The van der Waals surface area contributed by atoms with Crippen LogP contribution in [0.15, 0.2) is 66.7 Å². The summed E-state index contributed by atoms with van der Waals surface area (Å²) >= 11 is 2.49. The molecule has 0 aromatic heterocycles. The Labute approximate surface area is 199 Å². The summed E-state index contributed by atoms with van der Waals surface area (Å²) in [6.07, 6.45) is 1.12. The molecule has 1 fully saturated rings.